The van der Waals surface area contributed by atoms with Gasteiger partial charge in [-0.3, -0.25) is 18.7 Å². The van der Waals surface area contributed by atoms with Gasteiger partial charge in [-0.25, -0.2) is 4.98 Å². The summed E-state index contributed by atoms with van der Waals surface area (Å²) in [4.78, 5) is 21.4. The molecule has 0 N–H and O–H groups in total. The van der Waals surface area contributed by atoms with Crippen molar-refractivity contribution < 1.29 is 0 Å². The molecular formula is C24H20N6OS. The van der Waals surface area contributed by atoms with Gasteiger partial charge in [0, 0.05) is 36.0 Å². The number of fused-ring (bicyclic) bond motifs is 1. The summed E-state index contributed by atoms with van der Waals surface area (Å²) in [5.74, 6) is 1.22. The molecule has 8 heteroatoms. The second-order valence-corrected chi connectivity index (χ2v) is 8.42. The Balaban J connectivity index is 1.55. The number of aryl methyl sites for hydroxylation is 2. The second kappa shape index (κ2) is 8.39. The van der Waals surface area contributed by atoms with Crippen LogP contribution in [0.2, 0.25) is 0 Å². The van der Waals surface area contributed by atoms with Crippen LogP contribution >= 0.6 is 11.8 Å². The predicted molar refractivity (Wildman–Crippen MR) is 125 cm³/mol. The summed E-state index contributed by atoms with van der Waals surface area (Å²) < 4.78 is 3.59. The molecule has 0 aliphatic carbocycles. The molecule has 0 atom stereocenters. The topological polar surface area (TPSA) is 78.0 Å². The smallest absolute Gasteiger partial charge is 0.258 e. The van der Waals surface area contributed by atoms with Crippen molar-refractivity contribution in [3.63, 3.8) is 0 Å². The first-order valence-corrected chi connectivity index (χ1v) is 11.1. The van der Waals surface area contributed by atoms with Crippen LogP contribution in [0.5, 0.6) is 0 Å². The van der Waals surface area contributed by atoms with Crippen LogP contribution in [0.4, 0.5) is 0 Å². The van der Waals surface area contributed by atoms with Crippen LogP contribution in [-0.2, 0) is 5.75 Å². The maximum absolute atomic E-state index is 12.5. The molecule has 0 bridgehead atoms. The minimum absolute atomic E-state index is 0.0954. The van der Waals surface area contributed by atoms with Gasteiger partial charge in [-0.2, -0.15) is 0 Å². The van der Waals surface area contributed by atoms with Gasteiger partial charge in [0.15, 0.2) is 11.0 Å². The van der Waals surface area contributed by atoms with E-state index in [2.05, 4.69) is 33.2 Å². The zero-order chi connectivity index (χ0) is 22.1. The van der Waals surface area contributed by atoms with Crippen LogP contribution in [-0.4, -0.2) is 29.1 Å². The van der Waals surface area contributed by atoms with Gasteiger partial charge < -0.3 is 0 Å². The first-order chi connectivity index (χ1) is 15.6. The van der Waals surface area contributed by atoms with Crippen molar-refractivity contribution in [2.75, 3.05) is 0 Å². The predicted octanol–water partition coefficient (Wildman–Crippen LogP) is 4.25. The van der Waals surface area contributed by atoms with Crippen LogP contribution in [0.3, 0.4) is 0 Å². The van der Waals surface area contributed by atoms with Crippen molar-refractivity contribution in [1.82, 2.24) is 29.1 Å². The Labute approximate surface area is 188 Å². The number of thioether (sulfide) groups is 1. The van der Waals surface area contributed by atoms with E-state index in [0.29, 0.717) is 17.1 Å². The van der Waals surface area contributed by atoms with E-state index in [-0.39, 0.29) is 5.56 Å². The minimum Gasteiger partial charge on any atom is -0.270 e. The molecular weight excluding hydrogens is 420 g/mol. The van der Waals surface area contributed by atoms with E-state index in [9.17, 15) is 4.79 Å². The zero-order valence-electron chi connectivity index (χ0n) is 17.6. The Morgan fingerprint density at radius 2 is 1.88 bits per heavy atom. The molecule has 0 saturated carbocycles. The lowest BCUT2D eigenvalue weighted by Gasteiger charge is -2.12. The summed E-state index contributed by atoms with van der Waals surface area (Å²) in [6, 6.07) is 17.3. The largest absolute Gasteiger partial charge is 0.270 e. The lowest BCUT2D eigenvalue weighted by Crippen LogP contribution is -2.15. The molecule has 158 valence electrons. The fraction of sp³-hybridized carbons (Fsp3) is 0.125. The lowest BCUT2D eigenvalue weighted by molar-refractivity contribution is 0.879. The highest BCUT2D eigenvalue weighted by Gasteiger charge is 2.18. The summed E-state index contributed by atoms with van der Waals surface area (Å²) in [5, 5.41) is 9.65. The van der Waals surface area contributed by atoms with Gasteiger partial charge in [-0.1, -0.05) is 30.0 Å². The number of aromatic nitrogens is 6. The second-order valence-electron chi connectivity index (χ2n) is 7.48. The average Bonchev–Trinajstić information content (AvgIpc) is 3.22. The maximum Gasteiger partial charge on any atom is 0.258 e. The van der Waals surface area contributed by atoms with Crippen LogP contribution in [0.1, 0.15) is 16.8 Å². The van der Waals surface area contributed by atoms with Crippen LogP contribution < -0.4 is 5.56 Å². The zero-order valence-corrected chi connectivity index (χ0v) is 18.5. The van der Waals surface area contributed by atoms with E-state index in [1.54, 1.807) is 29.1 Å². The van der Waals surface area contributed by atoms with Crippen molar-refractivity contribution in [2.45, 2.75) is 24.8 Å². The third-order valence-corrected chi connectivity index (χ3v) is 6.10. The maximum atomic E-state index is 12.5. The molecule has 0 aliphatic rings. The van der Waals surface area contributed by atoms with E-state index in [1.165, 1.54) is 11.8 Å². The number of rotatable bonds is 5. The average molecular weight is 441 g/mol. The van der Waals surface area contributed by atoms with Crippen molar-refractivity contribution in [3.05, 3.63) is 100 Å². The fourth-order valence-electron chi connectivity index (χ4n) is 3.54. The van der Waals surface area contributed by atoms with E-state index < -0.39 is 0 Å². The summed E-state index contributed by atoms with van der Waals surface area (Å²) in [6.07, 6.45) is 5.27. The Bertz CT molecular complexity index is 1480. The number of para-hydroxylation sites is 1. The van der Waals surface area contributed by atoms with Crippen molar-refractivity contribution in [1.29, 1.82) is 0 Å². The van der Waals surface area contributed by atoms with Gasteiger partial charge in [-0.05, 0) is 55.3 Å². The lowest BCUT2D eigenvalue weighted by atomic mass is 10.2. The number of benzene rings is 1. The summed E-state index contributed by atoms with van der Waals surface area (Å²) in [7, 11) is 0. The van der Waals surface area contributed by atoms with Gasteiger partial charge in [0.25, 0.3) is 5.56 Å². The standard InChI is InChI=1S/C24H20N6OS/c1-16-9-11-29-21(12-16)26-19(13-22(29)31)15-32-24-28-27-23(18-7-5-10-25-14-18)30(24)20-8-4-3-6-17(20)2/h3-14H,15H2,1-2H3. The highest BCUT2D eigenvalue weighted by Crippen LogP contribution is 2.30. The van der Waals surface area contributed by atoms with E-state index in [4.69, 9.17) is 0 Å². The van der Waals surface area contributed by atoms with Crippen molar-refractivity contribution in [3.8, 4) is 17.1 Å². The Morgan fingerprint density at radius 1 is 1.00 bits per heavy atom. The van der Waals surface area contributed by atoms with Gasteiger partial charge >= 0.3 is 0 Å². The SMILES string of the molecule is Cc1ccn2c(=O)cc(CSc3nnc(-c4cccnc4)n3-c3ccccc3C)nc2c1. The molecule has 0 fully saturated rings. The Morgan fingerprint density at radius 3 is 2.69 bits per heavy atom. The number of hydrogen-bond donors (Lipinski definition) is 0. The summed E-state index contributed by atoms with van der Waals surface area (Å²) in [6.45, 7) is 4.04. The van der Waals surface area contributed by atoms with E-state index >= 15 is 0 Å². The number of nitrogens with zero attached hydrogens (tertiary/aromatic N) is 6. The molecule has 32 heavy (non-hydrogen) atoms. The third-order valence-electron chi connectivity index (χ3n) is 5.13. The van der Waals surface area contributed by atoms with Gasteiger partial charge in [-0.15, -0.1) is 10.2 Å². The van der Waals surface area contributed by atoms with Crippen LogP contribution in [0.25, 0.3) is 22.7 Å². The molecule has 5 rings (SSSR count). The highest BCUT2D eigenvalue weighted by atomic mass is 32.2. The number of hydrogen-bond acceptors (Lipinski definition) is 6. The normalized spacial score (nSPS) is 11.2. The van der Waals surface area contributed by atoms with Crippen LogP contribution in [0, 0.1) is 13.8 Å². The molecule has 5 aromatic rings. The third kappa shape index (κ3) is 3.80. The van der Waals surface area contributed by atoms with Gasteiger partial charge in [0.2, 0.25) is 0 Å². The Hall–Kier alpha value is -3.78. The first kappa shape index (κ1) is 20.1. The minimum atomic E-state index is -0.0954. The molecule has 0 amide bonds. The first-order valence-electron chi connectivity index (χ1n) is 10.1. The van der Waals surface area contributed by atoms with Gasteiger partial charge in [0.05, 0.1) is 11.4 Å². The summed E-state index contributed by atoms with van der Waals surface area (Å²) >= 11 is 1.50. The molecule has 0 radical (unpaired) electrons. The number of pyridine rings is 2. The molecule has 1 aromatic carbocycles. The molecule has 0 unspecified atom stereocenters. The molecule has 0 spiro atoms. The van der Waals surface area contributed by atoms with Crippen molar-refractivity contribution in [2.24, 2.45) is 0 Å². The molecule has 4 heterocycles. The quantitative estimate of drug-likeness (QED) is 0.380. The molecule has 0 aliphatic heterocycles. The molecule has 4 aromatic heterocycles. The van der Waals surface area contributed by atoms with E-state index in [0.717, 1.165) is 33.4 Å². The summed E-state index contributed by atoms with van der Waals surface area (Å²) in [5.41, 5.74) is 5.30. The van der Waals surface area contributed by atoms with Crippen LogP contribution in [0.15, 0.2) is 83.1 Å². The monoisotopic (exact) mass is 440 g/mol. The van der Waals surface area contributed by atoms with Gasteiger partial charge in [0.1, 0.15) is 5.65 Å². The molecule has 0 saturated heterocycles. The fourth-order valence-corrected chi connectivity index (χ4v) is 4.38. The Kier molecular flexibility index (Phi) is 5.28. The highest BCUT2D eigenvalue weighted by molar-refractivity contribution is 7.98. The molecule has 7 nitrogen and oxygen atoms in total. The van der Waals surface area contributed by atoms with Crippen molar-refractivity contribution >= 4 is 17.4 Å². The van der Waals surface area contributed by atoms with E-state index in [1.807, 2.05) is 54.0 Å².